The van der Waals surface area contributed by atoms with Gasteiger partial charge in [0.1, 0.15) is 12.4 Å². The fourth-order valence-corrected chi connectivity index (χ4v) is 3.56. The Kier molecular flexibility index (Phi) is 8.47. The summed E-state index contributed by atoms with van der Waals surface area (Å²) in [4.78, 5) is 6.99. The Morgan fingerprint density at radius 2 is 1.97 bits per heavy atom. The number of nitrogens with zero attached hydrogens (tertiary/aromatic N) is 4. The van der Waals surface area contributed by atoms with E-state index in [1.807, 2.05) is 29.2 Å². The zero-order valence-corrected chi connectivity index (χ0v) is 17.8. The number of aromatic nitrogens is 2. The van der Waals surface area contributed by atoms with Crippen molar-refractivity contribution >= 4 is 12.0 Å². The van der Waals surface area contributed by atoms with Gasteiger partial charge < -0.3 is 14.5 Å². The van der Waals surface area contributed by atoms with Gasteiger partial charge >= 0.3 is 6.18 Å². The van der Waals surface area contributed by atoms with Crippen LogP contribution in [0.2, 0.25) is 0 Å². The third-order valence-corrected chi connectivity index (χ3v) is 5.16. The fourth-order valence-electron chi connectivity index (χ4n) is 3.56. The first-order chi connectivity index (χ1) is 15.5. The lowest BCUT2D eigenvalue weighted by atomic mass is 9.93. The van der Waals surface area contributed by atoms with Gasteiger partial charge in [0.15, 0.2) is 11.5 Å². The third-order valence-electron chi connectivity index (χ3n) is 5.16. The summed E-state index contributed by atoms with van der Waals surface area (Å²) in [6.07, 6.45) is 2.74. The molecule has 1 fully saturated rings. The van der Waals surface area contributed by atoms with Crippen molar-refractivity contribution in [2.75, 3.05) is 31.2 Å². The zero-order valence-electron chi connectivity index (χ0n) is 17.8. The second-order valence-electron chi connectivity index (χ2n) is 7.61. The lowest BCUT2D eigenvalue weighted by Crippen LogP contribution is -2.36. The Bertz CT molecular complexity index is 870. The number of alkyl halides is 3. The Labute approximate surface area is 185 Å². The van der Waals surface area contributed by atoms with Crippen molar-refractivity contribution in [1.82, 2.24) is 10.2 Å². The van der Waals surface area contributed by atoms with E-state index in [2.05, 4.69) is 21.9 Å². The van der Waals surface area contributed by atoms with Crippen LogP contribution in [0.4, 0.5) is 19.0 Å². The first-order valence-corrected chi connectivity index (χ1v) is 10.6. The molecule has 0 aliphatic carbocycles. The number of halogens is 3. The molecule has 1 saturated heterocycles. The van der Waals surface area contributed by atoms with Crippen molar-refractivity contribution in [3.63, 3.8) is 0 Å². The van der Waals surface area contributed by atoms with Crippen molar-refractivity contribution in [3.8, 4) is 5.75 Å². The maximum absolute atomic E-state index is 12.7. The standard InChI is InChI=1S/C23H27F3N4O2/c1-2-14-32-27-16-18-7-9-20(10-8-18)31-15-4-6-19-5-3-13-30(17-19)22-12-11-21(28-29-22)23(24,25)26/h2,7-12,16,19H,1,3-6,13-15,17H2. The number of ether oxygens (including phenoxy) is 1. The van der Waals surface area contributed by atoms with Crippen LogP contribution in [0.3, 0.4) is 0 Å². The van der Waals surface area contributed by atoms with Crippen LogP contribution in [0.5, 0.6) is 5.75 Å². The van der Waals surface area contributed by atoms with E-state index in [9.17, 15) is 13.2 Å². The van der Waals surface area contributed by atoms with Crippen molar-refractivity contribution in [2.45, 2.75) is 31.9 Å². The van der Waals surface area contributed by atoms with E-state index in [-0.39, 0.29) is 0 Å². The molecule has 32 heavy (non-hydrogen) atoms. The summed E-state index contributed by atoms with van der Waals surface area (Å²) in [6, 6.07) is 9.98. The molecule has 1 aliphatic heterocycles. The predicted octanol–water partition coefficient (Wildman–Crippen LogP) is 5.11. The molecule has 9 heteroatoms. The number of hydrogen-bond acceptors (Lipinski definition) is 6. The molecule has 172 valence electrons. The second-order valence-corrected chi connectivity index (χ2v) is 7.61. The van der Waals surface area contributed by atoms with Crippen LogP contribution in [-0.2, 0) is 11.0 Å². The Balaban J connectivity index is 1.39. The van der Waals surface area contributed by atoms with Crippen LogP contribution in [0.25, 0.3) is 0 Å². The number of piperidine rings is 1. The van der Waals surface area contributed by atoms with Crippen LogP contribution in [0, 0.1) is 5.92 Å². The molecular formula is C23H27F3N4O2. The molecule has 1 aliphatic rings. The van der Waals surface area contributed by atoms with Gasteiger partial charge in [-0.05, 0) is 73.6 Å². The van der Waals surface area contributed by atoms with Crippen molar-refractivity contribution < 1.29 is 22.7 Å². The van der Waals surface area contributed by atoms with Crippen molar-refractivity contribution in [3.05, 3.63) is 60.3 Å². The van der Waals surface area contributed by atoms with Crippen LogP contribution in [0.15, 0.2) is 54.2 Å². The van der Waals surface area contributed by atoms with Gasteiger partial charge in [0, 0.05) is 13.1 Å². The van der Waals surface area contributed by atoms with Crippen LogP contribution in [-0.4, -0.2) is 42.7 Å². The van der Waals surface area contributed by atoms with E-state index in [0.717, 1.165) is 56.2 Å². The highest BCUT2D eigenvalue weighted by atomic mass is 19.4. The van der Waals surface area contributed by atoms with Crippen molar-refractivity contribution in [2.24, 2.45) is 11.1 Å². The maximum atomic E-state index is 12.7. The van der Waals surface area contributed by atoms with E-state index in [4.69, 9.17) is 9.57 Å². The Hall–Kier alpha value is -3.10. The van der Waals surface area contributed by atoms with Crippen LogP contribution in [0.1, 0.15) is 36.9 Å². The SMILES string of the molecule is C=CCON=Cc1ccc(OCCCC2CCCN(c3ccc(C(F)(F)F)nn3)C2)cc1. The summed E-state index contributed by atoms with van der Waals surface area (Å²) in [5.41, 5.74) is -0.0524. The Morgan fingerprint density at radius 1 is 1.16 bits per heavy atom. The van der Waals surface area contributed by atoms with Gasteiger partial charge in [0.25, 0.3) is 0 Å². The minimum atomic E-state index is -4.47. The minimum absolute atomic E-state index is 0.369. The van der Waals surface area contributed by atoms with Gasteiger partial charge in [-0.2, -0.15) is 13.2 Å². The fraction of sp³-hybridized carbons (Fsp3) is 0.435. The summed E-state index contributed by atoms with van der Waals surface area (Å²) < 4.78 is 43.8. The number of oxime groups is 1. The van der Waals surface area contributed by atoms with Gasteiger partial charge in [-0.3, -0.25) is 0 Å². The number of hydrogen-bond donors (Lipinski definition) is 0. The predicted molar refractivity (Wildman–Crippen MR) is 117 cm³/mol. The molecule has 0 amide bonds. The molecule has 1 aromatic heterocycles. The molecule has 1 aromatic carbocycles. The summed E-state index contributed by atoms with van der Waals surface area (Å²) in [5, 5.41) is 11.0. The van der Waals surface area contributed by atoms with E-state index < -0.39 is 11.9 Å². The summed E-state index contributed by atoms with van der Waals surface area (Å²) in [6.45, 7) is 6.07. The Morgan fingerprint density at radius 3 is 2.66 bits per heavy atom. The monoisotopic (exact) mass is 448 g/mol. The molecule has 0 N–H and O–H groups in total. The first-order valence-electron chi connectivity index (χ1n) is 10.6. The lowest BCUT2D eigenvalue weighted by molar-refractivity contribution is -0.141. The van der Waals surface area contributed by atoms with Crippen LogP contribution >= 0.6 is 0 Å². The average Bonchev–Trinajstić information content (AvgIpc) is 2.80. The smallest absolute Gasteiger partial charge is 0.435 e. The molecule has 1 atom stereocenters. The van der Waals surface area contributed by atoms with Crippen molar-refractivity contribution in [1.29, 1.82) is 0 Å². The highest BCUT2D eigenvalue weighted by molar-refractivity contribution is 5.79. The molecule has 0 bridgehead atoms. The van der Waals surface area contributed by atoms with E-state index in [1.54, 1.807) is 12.3 Å². The molecule has 2 heterocycles. The molecular weight excluding hydrogens is 421 g/mol. The number of benzene rings is 1. The molecule has 2 aromatic rings. The molecule has 0 saturated carbocycles. The summed E-state index contributed by atoms with van der Waals surface area (Å²) >= 11 is 0. The quantitative estimate of drug-likeness (QED) is 0.219. The number of anilines is 1. The van der Waals surface area contributed by atoms with Gasteiger partial charge in [0.2, 0.25) is 0 Å². The topological polar surface area (TPSA) is 59.8 Å². The highest BCUT2D eigenvalue weighted by Gasteiger charge is 2.33. The molecule has 3 rings (SSSR count). The minimum Gasteiger partial charge on any atom is -0.494 e. The average molecular weight is 448 g/mol. The molecule has 0 spiro atoms. The van der Waals surface area contributed by atoms with E-state index >= 15 is 0 Å². The van der Waals surface area contributed by atoms with E-state index in [1.165, 1.54) is 6.07 Å². The van der Waals surface area contributed by atoms with Crippen LogP contribution < -0.4 is 9.64 Å². The molecule has 1 unspecified atom stereocenters. The second kappa shape index (κ2) is 11.5. The van der Waals surface area contributed by atoms with Gasteiger partial charge in [-0.15, -0.1) is 10.2 Å². The van der Waals surface area contributed by atoms with Gasteiger partial charge in [0.05, 0.1) is 12.8 Å². The van der Waals surface area contributed by atoms with Gasteiger partial charge in [-0.25, -0.2) is 0 Å². The first kappa shape index (κ1) is 23.6. The largest absolute Gasteiger partial charge is 0.494 e. The summed E-state index contributed by atoms with van der Waals surface area (Å²) in [7, 11) is 0. The molecule has 6 nitrogen and oxygen atoms in total. The molecule has 0 radical (unpaired) electrons. The van der Waals surface area contributed by atoms with E-state index in [0.29, 0.717) is 24.9 Å². The lowest BCUT2D eigenvalue weighted by Gasteiger charge is -2.33. The maximum Gasteiger partial charge on any atom is 0.435 e. The number of rotatable bonds is 10. The normalized spacial score (nSPS) is 16.8. The van der Waals surface area contributed by atoms with Gasteiger partial charge in [-0.1, -0.05) is 17.8 Å². The third kappa shape index (κ3) is 7.25. The highest BCUT2D eigenvalue weighted by Crippen LogP contribution is 2.29. The summed E-state index contributed by atoms with van der Waals surface area (Å²) in [5.74, 6) is 1.74. The zero-order chi connectivity index (χ0) is 22.8.